The third-order valence-electron chi connectivity index (χ3n) is 7.98. The van der Waals surface area contributed by atoms with Gasteiger partial charge in [-0.05, 0) is 57.9 Å². The number of rotatable bonds is 11. The smallest absolute Gasteiger partial charge is 0.452 e. The molecule has 2 heterocycles. The lowest BCUT2D eigenvalue weighted by Crippen LogP contribution is -2.59. The largest absolute Gasteiger partial charge is 0.459 e. The van der Waals surface area contributed by atoms with Crippen LogP contribution >= 0.6 is 0 Å². The summed E-state index contributed by atoms with van der Waals surface area (Å²) in [5, 5.41) is 8.21. The lowest BCUT2D eigenvalue weighted by molar-refractivity contribution is -0.173. The van der Waals surface area contributed by atoms with Crippen molar-refractivity contribution in [3.05, 3.63) is 35.9 Å². The second kappa shape index (κ2) is 15.7. The van der Waals surface area contributed by atoms with E-state index in [1.54, 1.807) is 69.9 Å². The van der Waals surface area contributed by atoms with Crippen molar-refractivity contribution >= 4 is 29.6 Å². The molecule has 3 atom stereocenters. The maximum Gasteiger partial charge on any atom is 0.452 e. The van der Waals surface area contributed by atoms with E-state index in [0.29, 0.717) is 37.9 Å². The average molecular weight is 654 g/mol. The Morgan fingerprint density at radius 1 is 0.935 bits per heavy atom. The van der Waals surface area contributed by atoms with Crippen LogP contribution in [0.15, 0.2) is 30.3 Å². The highest BCUT2D eigenvalue weighted by Gasteiger charge is 2.46. The van der Waals surface area contributed by atoms with Crippen molar-refractivity contribution < 1.29 is 41.9 Å². The molecule has 3 N–H and O–H groups in total. The maximum absolute atomic E-state index is 13.7. The zero-order valence-electron chi connectivity index (χ0n) is 27.1. The normalized spacial score (nSPS) is 19.0. The van der Waals surface area contributed by atoms with Gasteiger partial charge in [-0.2, -0.15) is 13.2 Å². The summed E-state index contributed by atoms with van der Waals surface area (Å²) in [4.78, 5) is 67.3. The van der Waals surface area contributed by atoms with Crippen LogP contribution in [0.4, 0.5) is 18.0 Å². The summed E-state index contributed by atoms with van der Waals surface area (Å²) in [5.41, 5.74) is -0.143. The number of hydrogen-bond acceptors (Lipinski definition) is 7. The van der Waals surface area contributed by atoms with Crippen molar-refractivity contribution in [3.8, 4) is 0 Å². The van der Waals surface area contributed by atoms with Gasteiger partial charge < -0.3 is 30.5 Å². The Bertz CT molecular complexity index is 1230. The molecule has 0 unspecified atom stereocenters. The molecular weight excluding hydrogens is 607 g/mol. The highest BCUT2D eigenvalue weighted by molar-refractivity contribution is 5.96. The van der Waals surface area contributed by atoms with E-state index in [4.69, 9.17) is 4.74 Å². The number of hydrogen-bond donors (Lipinski definition) is 3. The van der Waals surface area contributed by atoms with Crippen LogP contribution in [-0.4, -0.2) is 102 Å². The summed E-state index contributed by atoms with van der Waals surface area (Å²) >= 11 is 0. The van der Waals surface area contributed by atoms with Gasteiger partial charge in [0.25, 0.3) is 5.78 Å². The van der Waals surface area contributed by atoms with Crippen molar-refractivity contribution in [2.75, 3.05) is 26.2 Å². The van der Waals surface area contributed by atoms with Crippen molar-refractivity contribution in [2.24, 2.45) is 5.92 Å². The molecule has 2 fully saturated rings. The van der Waals surface area contributed by atoms with Gasteiger partial charge >= 0.3 is 18.2 Å². The number of ether oxygens (including phenoxy) is 1. The number of urea groups is 1. The highest BCUT2D eigenvalue weighted by atomic mass is 19.4. The first-order valence-corrected chi connectivity index (χ1v) is 15.7. The van der Waals surface area contributed by atoms with Gasteiger partial charge in [0.2, 0.25) is 11.8 Å². The molecule has 4 amide bonds. The van der Waals surface area contributed by atoms with Crippen LogP contribution in [-0.2, 0) is 30.3 Å². The van der Waals surface area contributed by atoms with E-state index in [9.17, 15) is 37.1 Å². The van der Waals surface area contributed by atoms with Crippen LogP contribution in [0.1, 0.15) is 65.9 Å². The zero-order chi connectivity index (χ0) is 34.2. The molecule has 2 saturated heterocycles. The van der Waals surface area contributed by atoms with Crippen molar-refractivity contribution in [1.29, 1.82) is 0 Å². The summed E-state index contributed by atoms with van der Waals surface area (Å²) in [6.07, 6.45) is -3.70. The number of piperidine rings is 1. The van der Waals surface area contributed by atoms with Crippen molar-refractivity contribution in [1.82, 2.24) is 25.8 Å². The number of nitrogens with one attached hydrogen (secondary N) is 3. The van der Waals surface area contributed by atoms with E-state index in [1.165, 1.54) is 4.90 Å². The molecule has 0 spiro atoms. The molecule has 0 bridgehead atoms. The number of esters is 1. The van der Waals surface area contributed by atoms with Gasteiger partial charge in [-0.3, -0.25) is 19.2 Å². The predicted octanol–water partition coefficient (Wildman–Crippen LogP) is 2.97. The van der Waals surface area contributed by atoms with Gasteiger partial charge in [0, 0.05) is 32.1 Å². The Labute approximate surface area is 267 Å². The van der Waals surface area contributed by atoms with Gasteiger partial charge in [-0.1, -0.05) is 44.2 Å². The number of amides is 4. The third-order valence-corrected chi connectivity index (χ3v) is 7.98. The molecule has 46 heavy (non-hydrogen) atoms. The fourth-order valence-electron chi connectivity index (χ4n) is 5.64. The van der Waals surface area contributed by atoms with Crippen LogP contribution in [0.2, 0.25) is 0 Å². The van der Waals surface area contributed by atoms with E-state index < -0.39 is 53.5 Å². The van der Waals surface area contributed by atoms with Crippen LogP contribution in [0.25, 0.3) is 0 Å². The Balaban J connectivity index is 1.60. The van der Waals surface area contributed by atoms with E-state index in [-0.39, 0.29) is 43.9 Å². The van der Waals surface area contributed by atoms with Gasteiger partial charge in [0.15, 0.2) is 0 Å². The zero-order valence-corrected chi connectivity index (χ0v) is 27.1. The first kappa shape index (κ1) is 36.8. The van der Waals surface area contributed by atoms with Crippen LogP contribution in [0.5, 0.6) is 0 Å². The lowest BCUT2D eigenvalue weighted by Gasteiger charge is -2.35. The standard InChI is InChI=1S/C32H46F3N5O6/c1-20(2)26(38-30(45)39-16-13-22(14-17-39)36-19-25(41)46-31(3,4)5)29(44)40-15-9-12-24(40)28(43)37-23(27(42)32(33,34)35)18-21-10-7-6-8-11-21/h6-8,10-11,20,22-24,26,36H,9,12-19H2,1-5H3,(H,37,43)(H,38,45)/t23-,24-,26-/m0/s1. The molecular formula is C32H46F3N5O6. The molecule has 2 aliphatic rings. The molecule has 0 saturated carbocycles. The number of alkyl halides is 3. The number of ketones is 1. The Kier molecular flexibility index (Phi) is 12.6. The lowest BCUT2D eigenvalue weighted by atomic mass is 10.0. The molecule has 0 radical (unpaired) electrons. The molecule has 14 heteroatoms. The second-order valence-electron chi connectivity index (χ2n) is 13.2. The number of carbonyl (C=O) groups is 5. The number of likely N-dealkylation sites (tertiary alicyclic amines) is 2. The minimum absolute atomic E-state index is 0.0120. The number of carbonyl (C=O) groups excluding carboxylic acids is 5. The van der Waals surface area contributed by atoms with E-state index in [2.05, 4.69) is 16.0 Å². The number of nitrogens with zero attached hydrogens (tertiary/aromatic N) is 2. The number of benzene rings is 1. The van der Waals surface area contributed by atoms with Gasteiger partial charge in [0.1, 0.15) is 23.7 Å². The van der Waals surface area contributed by atoms with E-state index in [1.807, 2.05) is 0 Å². The molecule has 11 nitrogen and oxygen atoms in total. The monoisotopic (exact) mass is 653 g/mol. The first-order valence-electron chi connectivity index (χ1n) is 15.7. The van der Waals surface area contributed by atoms with Crippen LogP contribution in [0, 0.1) is 5.92 Å². The summed E-state index contributed by atoms with van der Waals surface area (Å²) in [6.45, 7) is 9.89. The minimum Gasteiger partial charge on any atom is -0.459 e. The molecule has 3 rings (SSSR count). The summed E-state index contributed by atoms with van der Waals surface area (Å²) in [7, 11) is 0. The van der Waals surface area contributed by atoms with Crippen molar-refractivity contribution in [3.63, 3.8) is 0 Å². The van der Waals surface area contributed by atoms with Crippen LogP contribution < -0.4 is 16.0 Å². The molecule has 0 aromatic heterocycles. The molecule has 256 valence electrons. The summed E-state index contributed by atoms with van der Waals surface area (Å²) < 4.78 is 45.6. The quantitative estimate of drug-likeness (QED) is 0.313. The maximum atomic E-state index is 13.7. The summed E-state index contributed by atoms with van der Waals surface area (Å²) in [5.74, 6) is -4.16. The first-order chi connectivity index (χ1) is 21.5. The topological polar surface area (TPSA) is 137 Å². The molecule has 0 aliphatic carbocycles. The average Bonchev–Trinajstić information content (AvgIpc) is 3.47. The van der Waals surface area contributed by atoms with Crippen molar-refractivity contribution in [2.45, 2.75) is 103 Å². The second-order valence-corrected chi connectivity index (χ2v) is 13.2. The molecule has 1 aromatic rings. The van der Waals surface area contributed by atoms with Gasteiger partial charge in [-0.15, -0.1) is 0 Å². The minimum atomic E-state index is -5.16. The van der Waals surface area contributed by atoms with Gasteiger partial charge in [0.05, 0.1) is 6.54 Å². The fraction of sp³-hybridized carbons (Fsp3) is 0.656. The Hall–Kier alpha value is -3.68. The van der Waals surface area contributed by atoms with E-state index >= 15 is 0 Å². The molecule has 2 aliphatic heterocycles. The summed E-state index contributed by atoms with van der Waals surface area (Å²) in [6, 6.07) is 3.69. The Morgan fingerprint density at radius 2 is 1.57 bits per heavy atom. The van der Waals surface area contributed by atoms with E-state index in [0.717, 1.165) is 0 Å². The van der Waals surface area contributed by atoms with Crippen LogP contribution in [0.3, 0.4) is 0 Å². The Morgan fingerprint density at radius 3 is 2.13 bits per heavy atom. The SMILES string of the molecule is CC(C)[C@H](NC(=O)N1CCC(NCC(=O)OC(C)(C)C)CC1)C(=O)N1CCC[C@H]1C(=O)N[C@@H](Cc1ccccc1)C(=O)C(F)(F)F. The molecule has 1 aromatic carbocycles. The highest BCUT2D eigenvalue weighted by Crippen LogP contribution is 2.24. The van der Waals surface area contributed by atoms with Gasteiger partial charge in [-0.25, -0.2) is 4.79 Å². The predicted molar refractivity (Wildman–Crippen MR) is 163 cm³/mol. The fourth-order valence-corrected chi connectivity index (χ4v) is 5.64. The number of Topliss-reactive ketones (excluding diaryl/α,β-unsaturated/α-hetero) is 1. The number of halogens is 3. The third kappa shape index (κ3) is 10.7.